The van der Waals surface area contributed by atoms with E-state index >= 15 is 0 Å². The summed E-state index contributed by atoms with van der Waals surface area (Å²) in [5, 5.41) is 0. The lowest BCUT2D eigenvalue weighted by Crippen LogP contribution is -2.33. The molecule has 0 bridgehead atoms. The number of hydrogen-bond acceptors (Lipinski definition) is 4. The lowest BCUT2D eigenvalue weighted by Gasteiger charge is -2.25. The van der Waals surface area contributed by atoms with Gasteiger partial charge in [0.15, 0.2) is 0 Å². The zero-order chi connectivity index (χ0) is 21.1. The Morgan fingerprint density at radius 2 is 1.77 bits per heavy atom. The van der Waals surface area contributed by atoms with Crippen molar-refractivity contribution in [3.63, 3.8) is 0 Å². The topological polar surface area (TPSA) is 75.7 Å². The largest absolute Gasteiger partial charge is 0.495 e. The van der Waals surface area contributed by atoms with Gasteiger partial charge in [-0.15, -0.1) is 0 Å². The summed E-state index contributed by atoms with van der Waals surface area (Å²) in [7, 11) is -2.34. The molecule has 4 rings (SSSR count). The normalized spacial score (nSPS) is 19.9. The fourth-order valence-electron chi connectivity index (χ4n) is 4.54. The van der Waals surface area contributed by atoms with Gasteiger partial charge >= 0.3 is 0 Å². The van der Waals surface area contributed by atoms with Crippen LogP contribution in [0.1, 0.15) is 60.5 Å². The molecule has 0 spiro atoms. The number of likely N-dealkylation sites (tertiary alicyclic amines) is 1. The number of carbonyl (C=O) groups is 1. The molecule has 0 aromatic heterocycles. The van der Waals surface area contributed by atoms with E-state index in [1.807, 2.05) is 35.2 Å². The molecule has 0 radical (unpaired) electrons. The number of hydrogen-bond donors (Lipinski definition) is 1. The van der Waals surface area contributed by atoms with Crippen molar-refractivity contribution in [1.82, 2.24) is 9.62 Å². The highest BCUT2D eigenvalue weighted by Gasteiger charge is 2.32. The second kappa shape index (κ2) is 8.78. The van der Waals surface area contributed by atoms with Gasteiger partial charge in [0, 0.05) is 18.2 Å². The number of carbonyl (C=O) groups excluding carboxylic acids is 1. The summed E-state index contributed by atoms with van der Waals surface area (Å²) in [5.74, 6) is 0.0967. The molecule has 7 heteroatoms. The Bertz CT molecular complexity index is 1000. The van der Waals surface area contributed by atoms with Crippen LogP contribution in [-0.4, -0.2) is 38.9 Å². The predicted octanol–water partition coefficient (Wildman–Crippen LogP) is 3.89. The van der Waals surface area contributed by atoms with Crippen molar-refractivity contribution in [2.24, 2.45) is 0 Å². The molecule has 2 fully saturated rings. The summed E-state index contributed by atoms with van der Waals surface area (Å²) < 4.78 is 34.2. The van der Waals surface area contributed by atoms with Gasteiger partial charge in [-0.2, -0.15) is 0 Å². The van der Waals surface area contributed by atoms with E-state index < -0.39 is 10.0 Å². The molecule has 1 atom stereocenters. The number of rotatable bonds is 6. The average molecular weight is 429 g/mol. The Balaban J connectivity index is 1.63. The number of ether oxygens (including phenoxy) is 1. The van der Waals surface area contributed by atoms with Crippen molar-refractivity contribution in [3.05, 3.63) is 59.7 Å². The third kappa shape index (κ3) is 4.23. The quantitative estimate of drug-likeness (QED) is 0.757. The minimum atomic E-state index is -3.78. The lowest BCUT2D eigenvalue weighted by atomic mass is 10.0. The van der Waals surface area contributed by atoms with Crippen molar-refractivity contribution in [1.29, 1.82) is 0 Å². The van der Waals surface area contributed by atoms with Crippen molar-refractivity contribution in [2.75, 3.05) is 13.7 Å². The van der Waals surface area contributed by atoms with Gasteiger partial charge in [0.2, 0.25) is 10.0 Å². The van der Waals surface area contributed by atoms with Gasteiger partial charge in [0.05, 0.1) is 13.2 Å². The Morgan fingerprint density at radius 1 is 1.03 bits per heavy atom. The SMILES string of the molecule is COc1ccc(C(=O)N2CCCC2c2ccccc2)cc1S(=O)(=O)NC1CCCC1. The third-order valence-electron chi connectivity index (χ3n) is 6.08. The number of amides is 1. The van der Waals surface area contributed by atoms with Crippen molar-refractivity contribution < 1.29 is 17.9 Å². The standard InChI is InChI=1S/C23H28N2O4S/c1-29-21-14-13-18(16-22(21)30(27,28)24-19-10-5-6-11-19)23(26)25-15-7-12-20(25)17-8-3-2-4-9-17/h2-4,8-9,13-14,16,19-20,24H,5-7,10-12,15H2,1H3. The van der Waals surface area contributed by atoms with E-state index in [1.165, 1.54) is 13.2 Å². The molecule has 2 aromatic carbocycles. The molecule has 2 aromatic rings. The molecule has 1 unspecified atom stereocenters. The van der Waals surface area contributed by atoms with Gasteiger partial charge in [-0.3, -0.25) is 4.79 Å². The maximum Gasteiger partial charge on any atom is 0.254 e. The number of sulfonamides is 1. The molecule has 2 aliphatic rings. The minimum absolute atomic E-state index is 0.0115. The monoisotopic (exact) mass is 428 g/mol. The molecular weight excluding hydrogens is 400 g/mol. The van der Waals surface area contributed by atoms with Crippen LogP contribution in [0.5, 0.6) is 5.75 Å². The van der Waals surface area contributed by atoms with Crippen molar-refractivity contribution >= 4 is 15.9 Å². The van der Waals surface area contributed by atoms with Crippen LogP contribution in [0.15, 0.2) is 53.4 Å². The molecule has 160 valence electrons. The summed E-state index contributed by atoms with van der Waals surface area (Å²) in [4.78, 5) is 15.2. The summed E-state index contributed by atoms with van der Waals surface area (Å²) in [6, 6.07) is 14.6. The molecule has 1 N–H and O–H groups in total. The van der Waals surface area contributed by atoms with E-state index in [1.54, 1.807) is 12.1 Å². The van der Waals surface area contributed by atoms with Crippen LogP contribution in [0.2, 0.25) is 0 Å². The van der Waals surface area contributed by atoms with Crippen LogP contribution in [0.25, 0.3) is 0 Å². The molecule has 1 heterocycles. The molecule has 30 heavy (non-hydrogen) atoms. The van der Waals surface area contributed by atoms with Gasteiger partial charge in [0.1, 0.15) is 10.6 Å². The fraction of sp³-hybridized carbons (Fsp3) is 0.435. The molecule has 6 nitrogen and oxygen atoms in total. The Hall–Kier alpha value is -2.38. The van der Waals surface area contributed by atoms with Crippen molar-refractivity contribution in [3.8, 4) is 5.75 Å². The first-order valence-corrected chi connectivity index (χ1v) is 12.0. The number of benzene rings is 2. The van der Waals surface area contributed by atoms with E-state index in [0.29, 0.717) is 12.1 Å². The lowest BCUT2D eigenvalue weighted by molar-refractivity contribution is 0.0735. The van der Waals surface area contributed by atoms with Crippen LogP contribution in [0, 0.1) is 0 Å². The zero-order valence-corrected chi connectivity index (χ0v) is 18.0. The highest BCUT2D eigenvalue weighted by atomic mass is 32.2. The van der Waals surface area contributed by atoms with E-state index in [2.05, 4.69) is 4.72 Å². The summed E-state index contributed by atoms with van der Waals surface area (Å²) in [6.07, 6.45) is 5.56. The molecule has 1 saturated heterocycles. The second-order valence-corrected chi connectivity index (χ2v) is 9.72. The molecule has 1 amide bonds. The maximum atomic E-state index is 13.3. The van der Waals surface area contributed by atoms with Crippen LogP contribution < -0.4 is 9.46 Å². The van der Waals surface area contributed by atoms with Crippen LogP contribution in [0.4, 0.5) is 0 Å². The minimum Gasteiger partial charge on any atom is -0.495 e. The van der Waals surface area contributed by atoms with Gasteiger partial charge in [-0.25, -0.2) is 13.1 Å². The first-order chi connectivity index (χ1) is 14.5. The van der Waals surface area contributed by atoms with Crippen LogP contribution in [0.3, 0.4) is 0 Å². The Labute approximate surface area is 178 Å². The van der Waals surface area contributed by atoms with Crippen LogP contribution in [-0.2, 0) is 10.0 Å². The fourth-order valence-corrected chi connectivity index (χ4v) is 6.04. The average Bonchev–Trinajstić information content (AvgIpc) is 3.45. The second-order valence-electron chi connectivity index (χ2n) is 8.04. The van der Waals surface area contributed by atoms with E-state index in [9.17, 15) is 13.2 Å². The van der Waals surface area contributed by atoms with Crippen molar-refractivity contribution in [2.45, 2.75) is 55.5 Å². The molecule has 1 aliphatic carbocycles. The Kier molecular flexibility index (Phi) is 6.11. The van der Waals surface area contributed by atoms with Crippen LogP contribution >= 0.6 is 0 Å². The summed E-state index contributed by atoms with van der Waals surface area (Å²) in [6.45, 7) is 0.660. The highest BCUT2D eigenvalue weighted by Crippen LogP contribution is 2.34. The molecular formula is C23H28N2O4S. The summed E-state index contributed by atoms with van der Waals surface area (Å²) >= 11 is 0. The van der Waals surface area contributed by atoms with E-state index in [0.717, 1.165) is 44.1 Å². The zero-order valence-electron chi connectivity index (χ0n) is 17.2. The Morgan fingerprint density at radius 3 is 2.47 bits per heavy atom. The summed E-state index contributed by atoms with van der Waals surface area (Å²) in [5.41, 5.74) is 1.47. The first-order valence-electron chi connectivity index (χ1n) is 10.6. The van der Waals surface area contributed by atoms with Gasteiger partial charge in [0.25, 0.3) is 5.91 Å². The molecule has 1 saturated carbocycles. The van der Waals surface area contributed by atoms with Gasteiger partial charge in [-0.05, 0) is 49.4 Å². The predicted molar refractivity (Wildman–Crippen MR) is 115 cm³/mol. The first kappa shape index (κ1) is 20.9. The smallest absolute Gasteiger partial charge is 0.254 e. The number of nitrogens with zero attached hydrogens (tertiary/aromatic N) is 1. The van der Waals surface area contributed by atoms with E-state index in [-0.39, 0.29) is 28.6 Å². The third-order valence-corrected chi connectivity index (χ3v) is 7.62. The number of methoxy groups -OCH3 is 1. The number of nitrogens with one attached hydrogen (secondary N) is 1. The van der Waals surface area contributed by atoms with E-state index in [4.69, 9.17) is 4.74 Å². The highest BCUT2D eigenvalue weighted by molar-refractivity contribution is 7.89. The van der Waals surface area contributed by atoms with Gasteiger partial charge < -0.3 is 9.64 Å². The molecule has 1 aliphatic heterocycles. The van der Waals surface area contributed by atoms with Gasteiger partial charge in [-0.1, -0.05) is 43.2 Å². The maximum absolute atomic E-state index is 13.3.